The molecule has 1 saturated carbocycles. The van der Waals surface area contributed by atoms with Crippen molar-refractivity contribution in [3.8, 4) is 0 Å². The first-order valence-corrected chi connectivity index (χ1v) is 8.05. The summed E-state index contributed by atoms with van der Waals surface area (Å²) >= 11 is 0. The Morgan fingerprint density at radius 2 is 2.06 bits per heavy atom. The summed E-state index contributed by atoms with van der Waals surface area (Å²) in [6.45, 7) is 13.3. The molecule has 2 rings (SSSR count). The van der Waals surface area contributed by atoms with Crippen LogP contribution in [0.5, 0.6) is 0 Å². The summed E-state index contributed by atoms with van der Waals surface area (Å²) in [5, 5.41) is 3.70. The van der Waals surface area contributed by atoms with Crippen molar-refractivity contribution in [1.82, 2.24) is 10.2 Å². The third kappa shape index (κ3) is 3.27. The van der Waals surface area contributed by atoms with E-state index in [4.69, 9.17) is 0 Å². The normalized spacial score (nSPS) is 31.8. The van der Waals surface area contributed by atoms with Gasteiger partial charge in [-0.2, -0.15) is 0 Å². The number of nitrogens with zero attached hydrogens (tertiary/aromatic N) is 1. The van der Waals surface area contributed by atoms with Crippen molar-refractivity contribution in [2.24, 2.45) is 11.3 Å². The van der Waals surface area contributed by atoms with Crippen LogP contribution in [0.15, 0.2) is 0 Å². The zero-order chi connectivity index (χ0) is 13.2. The molecule has 1 heterocycles. The molecule has 1 N–H and O–H groups in total. The Labute approximate surface area is 114 Å². The molecule has 0 amide bonds. The van der Waals surface area contributed by atoms with E-state index < -0.39 is 0 Å². The molecule has 0 aromatic rings. The second-order valence-electron chi connectivity index (χ2n) is 7.01. The second-order valence-corrected chi connectivity index (χ2v) is 7.01. The maximum atomic E-state index is 3.70. The van der Waals surface area contributed by atoms with Gasteiger partial charge >= 0.3 is 0 Å². The third-order valence-corrected chi connectivity index (χ3v) is 5.33. The molecule has 2 nitrogen and oxygen atoms in total. The van der Waals surface area contributed by atoms with Crippen LogP contribution in [-0.2, 0) is 0 Å². The predicted octanol–water partition coefficient (Wildman–Crippen LogP) is 3.28. The van der Waals surface area contributed by atoms with Gasteiger partial charge in [0.25, 0.3) is 0 Å². The lowest BCUT2D eigenvalue weighted by atomic mass is 9.89. The zero-order valence-electron chi connectivity index (χ0n) is 12.8. The lowest BCUT2D eigenvalue weighted by molar-refractivity contribution is 0.0960. The fourth-order valence-electron chi connectivity index (χ4n) is 3.47. The Hall–Kier alpha value is -0.0800. The van der Waals surface area contributed by atoms with Gasteiger partial charge in [0.2, 0.25) is 0 Å². The molecule has 2 aliphatic rings. The number of piperidine rings is 1. The van der Waals surface area contributed by atoms with Gasteiger partial charge in [-0.1, -0.05) is 20.8 Å². The minimum atomic E-state index is 0.679. The van der Waals surface area contributed by atoms with E-state index in [2.05, 4.69) is 37.9 Å². The van der Waals surface area contributed by atoms with Crippen LogP contribution in [-0.4, -0.2) is 36.6 Å². The standard InChI is InChI=1S/C16H32N2/c1-5-9-17-15-6-10-18(14(4)11-15)12-16(7-8-16)13(2)3/h13-15,17H,5-12H2,1-4H3. The first-order chi connectivity index (χ1) is 8.57. The summed E-state index contributed by atoms with van der Waals surface area (Å²) in [6, 6.07) is 1.54. The molecule has 0 spiro atoms. The highest BCUT2D eigenvalue weighted by Gasteiger charge is 2.47. The van der Waals surface area contributed by atoms with Crippen LogP contribution in [0.4, 0.5) is 0 Å². The number of hydrogen-bond donors (Lipinski definition) is 1. The fraction of sp³-hybridized carbons (Fsp3) is 1.00. The summed E-state index contributed by atoms with van der Waals surface area (Å²) in [7, 11) is 0. The molecule has 0 radical (unpaired) electrons. The molecule has 2 fully saturated rings. The van der Waals surface area contributed by atoms with Crippen molar-refractivity contribution in [2.45, 2.75) is 71.9 Å². The molecule has 106 valence electrons. The van der Waals surface area contributed by atoms with Crippen LogP contribution in [0.3, 0.4) is 0 Å². The third-order valence-electron chi connectivity index (χ3n) is 5.33. The maximum Gasteiger partial charge on any atom is 0.00940 e. The number of likely N-dealkylation sites (tertiary alicyclic amines) is 1. The Morgan fingerprint density at radius 1 is 1.33 bits per heavy atom. The van der Waals surface area contributed by atoms with Gasteiger partial charge in [-0.15, -0.1) is 0 Å². The van der Waals surface area contributed by atoms with Gasteiger partial charge in [-0.3, -0.25) is 4.90 Å². The monoisotopic (exact) mass is 252 g/mol. The van der Waals surface area contributed by atoms with Gasteiger partial charge in [0, 0.05) is 18.6 Å². The molecular formula is C16H32N2. The molecule has 0 aromatic carbocycles. The van der Waals surface area contributed by atoms with Crippen LogP contribution in [0.25, 0.3) is 0 Å². The second kappa shape index (κ2) is 5.92. The van der Waals surface area contributed by atoms with Crippen LogP contribution < -0.4 is 5.32 Å². The van der Waals surface area contributed by atoms with E-state index in [9.17, 15) is 0 Å². The van der Waals surface area contributed by atoms with Gasteiger partial charge in [0.15, 0.2) is 0 Å². The van der Waals surface area contributed by atoms with Gasteiger partial charge in [0.1, 0.15) is 0 Å². The van der Waals surface area contributed by atoms with Gasteiger partial charge < -0.3 is 5.32 Å². The maximum absolute atomic E-state index is 3.70. The van der Waals surface area contributed by atoms with Crippen molar-refractivity contribution >= 4 is 0 Å². The van der Waals surface area contributed by atoms with Crippen molar-refractivity contribution < 1.29 is 0 Å². The smallest absolute Gasteiger partial charge is 0.00940 e. The molecule has 2 heteroatoms. The molecule has 1 aliphatic heterocycles. The highest BCUT2D eigenvalue weighted by Crippen LogP contribution is 2.52. The molecular weight excluding hydrogens is 220 g/mol. The zero-order valence-corrected chi connectivity index (χ0v) is 12.8. The van der Waals surface area contributed by atoms with E-state index in [0.717, 1.165) is 18.0 Å². The first-order valence-electron chi connectivity index (χ1n) is 8.05. The van der Waals surface area contributed by atoms with Crippen molar-refractivity contribution in [3.63, 3.8) is 0 Å². The minimum Gasteiger partial charge on any atom is -0.314 e. The van der Waals surface area contributed by atoms with Crippen LogP contribution in [0.1, 0.15) is 59.8 Å². The van der Waals surface area contributed by atoms with E-state index in [1.807, 2.05) is 0 Å². The molecule has 2 atom stereocenters. The first kappa shape index (κ1) is 14.3. The van der Waals surface area contributed by atoms with Gasteiger partial charge in [0.05, 0.1) is 0 Å². The SMILES string of the molecule is CCCNC1CCN(CC2(C(C)C)CC2)C(C)C1. The minimum absolute atomic E-state index is 0.679. The largest absolute Gasteiger partial charge is 0.314 e. The van der Waals surface area contributed by atoms with E-state index in [-0.39, 0.29) is 0 Å². The summed E-state index contributed by atoms with van der Waals surface area (Å²) in [5.41, 5.74) is 0.679. The quantitative estimate of drug-likeness (QED) is 0.780. The molecule has 18 heavy (non-hydrogen) atoms. The van der Waals surface area contributed by atoms with Crippen molar-refractivity contribution in [1.29, 1.82) is 0 Å². The number of nitrogens with one attached hydrogen (secondary N) is 1. The summed E-state index contributed by atoms with van der Waals surface area (Å²) in [6.07, 6.45) is 6.87. The molecule has 1 aliphatic carbocycles. The van der Waals surface area contributed by atoms with Crippen LogP contribution in [0.2, 0.25) is 0 Å². The van der Waals surface area contributed by atoms with Crippen LogP contribution in [0, 0.1) is 11.3 Å². The van der Waals surface area contributed by atoms with E-state index >= 15 is 0 Å². The summed E-state index contributed by atoms with van der Waals surface area (Å²) in [4.78, 5) is 2.76. The molecule has 1 saturated heterocycles. The number of rotatable bonds is 6. The lowest BCUT2D eigenvalue weighted by Crippen LogP contribution is -2.49. The Balaban J connectivity index is 1.79. The van der Waals surface area contributed by atoms with E-state index in [1.165, 1.54) is 51.7 Å². The van der Waals surface area contributed by atoms with Crippen molar-refractivity contribution in [3.05, 3.63) is 0 Å². The topological polar surface area (TPSA) is 15.3 Å². The average molecular weight is 252 g/mol. The van der Waals surface area contributed by atoms with E-state index in [1.54, 1.807) is 0 Å². The van der Waals surface area contributed by atoms with Crippen molar-refractivity contribution in [2.75, 3.05) is 19.6 Å². The fourth-order valence-corrected chi connectivity index (χ4v) is 3.47. The van der Waals surface area contributed by atoms with Gasteiger partial charge in [-0.25, -0.2) is 0 Å². The Morgan fingerprint density at radius 3 is 2.56 bits per heavy atom. The molecule has 2 unspecified atom stereocenters. The van der Waals surface area contributed by atoms with E-state index in [0.29, 0.717) is 5.41 Å². The molecule has 0 bridgehead atoms. The average Bonchev–Trinajstić information content (AvgIpc) is 3.11. The van der Waals surface area contributed by atoms with Gasteiger partial charge in [-0.05, 0) is 63.5 Å². The predicted molar refractivity (Wildman–Crippen MR) is 78.9 cm³/mol. The van der Waals surface area contributed by atoms with Crippen LogP contribution >= 0.6 is 0 Å². The highest BCUT2D eigenvalue weighted by atomic mass is 15.2. The number of hydrogen-bond acceptors (Lipinski definition) is 2. The lowest BCUT2D eigenvalue weighted by Gasteiger charge is -2.40. The summed E-state index contributed by atoms with van der Waals surface area (Å²) in [5.74, 6) is 0.862. The highest BCUT2D eigenvalue weighted by molar-refractivity contribution is 4.99. The molecule has 0 aromatic heterocycles. The Bertz CT molecular complexity index is 258. The Kier molecular flexibility index (Phi) is 4.71. The summed E-state index contributed by atoms with van der Waals surface area (Å²) < 4.78 is 0.